The van der Waals surface area contributed by atoms with Crippen LogP contribution in [0.15, 0.2) is 24.3 Å². The van der Waals surface area contributed by atoms with Crippen molar-refractivity contribution in [3.05, 3.63) is 35.4 Å². The van der Waals surface area contributed by atoms with Crippen LogP contribution in [0.2, 0.25) is 0 Å². The molecular formula is C18H23N3O4. The number of hydrogen-bond donors (Lipinski definition) is 0. The molecule has 4 amide bonds. The van der Waals surface area contributed by atoms with Crippen molar-refractivity contribution in [3.8, 4) is 0 Å². The molecule has 2 fully saturated rings. The zero-order valence-electron chi connectivity index (χ0n) is 14.8. The smallest absolute Gasteiger partial charge is 0.326 e. The number of likely N-dealkylation sites (N-methyl/N-ethyl adjacent to an activating group) is 2. The highest BCUT2D eigenvalue weighted by atomic mass is 16.5. The van der Waals surface area contributed by atoms with E-state index in [4.69, 9.17) is 4.74 Å². The molecule has 7 nitrogen and oxygen atoms in total. The normalized spacial score (nSPS) is 21.1. The van der Waals surface area contributed by atoms with Crippen LogP contribution in [-0.4, -0.2) is 71.9 Å². The maximum absolute atomic E-state index is 12.3. The van der Waals surface area contributed by atoms with E-state index in [1.54, 1.807) is 11.9 Å². The molecule has 0 bridgehead atoms. The highest BCUT2D eigenvalue weighted by Crippen LogP contribution is 2.21. The van der Waals surface area contributed by atoms with E-state index in [2.05, 4.69) is 0 Å². The predicted octanol–water partition coefficient (Wildman–Crippen LogP) is 1.00. The lowest BCUT2D eigenvalue weighted by molar-refractivity contribution is -0.148. The summed E-state index contributed by atoms with van der Waals surface area (Å²) in [4.78, 5) is 40.1. The summed E-state index contributed by atoms with van der Waals surface area (Å²) in [5, 5.41) is 0. The Morgan fingerprint density at radius 2 is 1.88 bits per heavy atom. The molecule has 25 heavy (non-hydrogen) atoms. The number of imide groups is 1. The van der Waals surface area contributed by atoms with Gasteiger partial charge in [-0.05, 0) is 18.1 Å². The van der Waals surface area contributed by atoms with E-state index in [0.29, 0.717) is 19.7 Å². The second-order valence-electron chi connectivity index (χ2n) is 6.67. The van der Waals surface area contributed by atoms with E-state index in [1.807, 2.05) is 31.2 Å². The molecule has 2 saturated heterocycles. The fourth-order valence-electron chi connectivity index (χ4n) is 3.10. The van der Waals surface area contributed by atoms with E-state index >= 15 is 0 Å². The largest absolute Gasteiger partial charge is 0.370 e. The molecule has 2 aliphatic heterocycles. The minimum atomic E-state index is -0.697. The number of ether oxygens (including phenoxy) is 1. The van der Waals surface area contributed by atoms with Crippen molar-refractivity contribution in [2.24, 2.45) is 0 Å². The quantitative estimate of drug-likeness (QED) is 0.747. The van der Waals surface area contributed by atoms with Gasteiger partial charge in [0.05, 0.1) is 19.1 Å². The van der Waals surface area contributed by atoms with Crippen molar-refractivity contribution in [2.75, 3.05) is 27.2 Å². The van der Waals surface area contributed by atoms with Crippen LogP contribution in [0, 0.1) is 6.92 Å². The van der Waals surface area contributed by atoms with Crippen LogP contribution in [-0.2, 0) is 20.9 Å². The lowest BCUT2D eigenvalue weighted by Gasteiger charge is -2.39. The van der Waals surface area contributed by atoms with Crippen molar-refractivity contribution in [1.82, 2.24) is 14.7 Å². The molecule has 0 unspecified atom stereocenters. The van der Waals surface area contributed by atoms with Crippen LogP contribution >= 0.6 is 0 Å². The molecule has 0 aliphatic carbocycles. The van der Waals surface area contributed by atoms with Crippen LogP contribution < -0.4 is 0 Å². The van der Waals surface area contributed by atoms with Gasteiger partial charge in [-0.2, -0.15) is 0 Å². The van der Waals surface area contributed by atoms with Gasteiger partial charge in [-0.1, -0.05) is 24.3 Å². The number of benzene rings is 1. The first kappa shape index (κ1) is 17.4. The Morgan fingerprint density at radius 1 is 1.20 bits per heavy atom. The van der Waals surface area contributed by atoms with Crippen molar-refractivity contribution in [2.45, 2.75) is 32.1 Å². The Kier molecular flexibility index (Phi) is 4.76. The van der Waals surface area contributed by atoms with Crippen molar-refractivity contribution in [3.63, 3.8) is 0 Å². The summed E-state index contributed by atoms with van der Waals surface area (Å²) in [5.74, 6) is -0.447. The van der Waals surface area contributed by atoms with E-state index in [-0.39, 0.29) is 30.4 Å². The third-order valence-electron chi connectivity index (χ3n) is 4.98. The summed E-state index contributed by atoms with van der Waals surface area (Å²) in [5.41, 5.74) is 2.33. The summed E-state index contributed by atoms with van der Waals surface area (Å²) in [6.07, 6.45) is 0.0421. The molecule has 3 rings (SSSR count). The van der Waals surface area contributed by atoms with Gasteiger partial charge in [0.15, 0.2) is 0 Å². The summed E-state index contributed by atoms with van der Waals surface area (Å²) < 4.78 is 5.84. The maximum Gasteiger partial charge on any atom is 0.326 e. The molecule has 1 aromatic carbocycles. The van der Waals surface area contributed by atoms with Crippen molar-refractivity contribution in [1.29, 1.82) is 0 Å². The average Bonchev–Trinajstić information content (AvgIpc) is 2.73. The molecule has 134 valence electrons. The predicted molar refractivity (Wildman–Crippen MR) is 90.7 cm³/mol. The van der Waals surface area contributed by atoms with E-state index in [0.717, 1.165) is 10.5 Å². The Morgan fingerprint density at radius 3 is 2.48 bits per heavy atom. The van der Waals surface area contributed by atoms with Crippen molar-refractivity contribution < 1.29 is 19.1 Å². The molecule has 0 spiro atoms. The standard InChI is InChI=1S/C18H23N3O4/c1-12-6-4-5-7-13(12)11-25-14-9-21(10-14)16(22)8-15-17(23)20(3)18(24)19(15)2/h4-7,14-15H,8-11H2,1-3H3/t15-/m0/s1. The third-order valence-corrected chi connectivity index (χ3v) is 4.98. The lowest BCUT2D eigenvalue weighted by atomic mass is 10.1. The molecule has 0 N–H and O–H groups in total. The van der Waals surface area contributed by atoms with Crippen LogP contribution in [0.1, 0.15) is 17.5 Å². The first-order valence-electron chi connectivity index (χ1n) is 8.36. The molecule has 2 heterocycles. The number of rotatable bonds is 5. The topological polar surface area (TPSA) is 70.2 Å². The number of likely N-dealkylation sites (tertiary alicyclic amines) is 1. The third kappa shape index (κ3) is 3.37. The summed E-state index contributed by atoms with van der Waals surface area (Å²) in [6.45, 7) is 3.63. The van der Waals surface area contributed by atoms with Gasteiger partial charge >= 0.3 is 6.03 Å². The number of carbonyl (C=O) groups excluding carboxylic acids is 3. The molecule has 2 aliphatic rings. The van der Waals surface area contributed by atoms with Gasteiger partial charge in [0, 0.05) is 27.2 Å². The van der Waals surface area contributed by atoms with Crippen LogP contribution in [0.4, 0.5) is 4.79 Å². The minimum Gasteiger partial charge on any atom is -0.370 e. The van der Waals surface area contributed by atoms with Crippen molar-refractivity contribution >= 4 is 17.8 Å². The second-order valence-corrected chi connectivity index (χ2v) is 6.67. The molecule has 7 heteroatoms. The highest BCUT2D eigenvalue weighted by molar-refractivity contribution is 6.05. The second kappa shape index (κ2) is 6.84. The van der Waals surface area contributed by atoms with Crippen LogP contribution in [0.5, 0.6) is 0 Å². The molecule has 0 aromatic heterocycles. The van der Waals surface area contributed by atoms with Crippen LogP contribution in [0.3, 0.4) is 0 Å². The SMILES string of the molecule is Cc1ccccc1COC1CN(C(=O)C[C@H]2C(=O)N(C)C(=O)N2C)C1. The number of urea groups is 1. The molecule has 1 aromatic rings. The molecular weight excluding hydrogens is 322 g/mol. The van der Waals surface area contributed by atoms with Gasteiger partial charge in [-0.25, -0.2) is 4.79 Å². The summed E-state index contributed by atoms with van der Waals surface area (Å²) in [6, 6.07) is 6.99. The molecule has 0 radical (unpaired) electrons. The number of amides is 4. The fraction of sp³-hybridized carbons (Fsp3) is 0.500. The van der Waals surface area contributed by atoms with Gasteiger partial charge in [-0.3, -0.25) is 14.5 Å². The zero-order valence-corrected chi connectivity index (χ0v) is 14.8. The zero-order chi connectivity index (χ0) is 18.1. The molecule has 1 atom stereocenters. The Bertz CT molecular complexity index is 699. The number of carbonyl (C=O) groups is 3. The van der Waals surface area contributed by atoms with Gasteiger partial charge < -0.3 is 14.5 Å². The maximum atomic E-state index is 12.3. The summed E-state index contributed by atoms with van der Waals surface area (Å²) in [7, 11) is 2.98. The first-order valence-corrected chi connectivity index (χ1v) is 8.36. The fourth-order valence-corrected chi connectivity index (χ4v) is 3.10. The molecule has 0 saturated carbocycles. The first-order chi connectivity index (χ1) is 11.9. The average molecular weight is 345 g/mol. The lowest BCUT2D eigenvalue weighted by Crippen LogP contribution is -2.55. The monoisotopic (exact) mass is 345 g/mol. The van der Waals surface area contributed by atoms with Gasteiger partial charge in [-0.15, -0.1) is 0 Å². The van der Waals surface area contributed by atoms with Gasteiger partial charge in [0.2, 0.25) is 5.91 Å². The van der Waals surface area contributed by atoms with Gasteiger partial charge in [0.25, 0.3) is 5.91 Å². The number of hydrogen-bond acceptors (Lipinski definition) is 4. The van der Waals surface area contributed by atoms with E-state index < -0.39 is 6.04 Å². The Hall–Kier alpha value is -2.41. The highest BCUT2D eigenvalue weighted by Gasteiger charge is 2.43. The minimum absolute atomic E-state index is 0.0184. The number of aryl methyl sites for hydroxylation is 1. The van der Waals surface area contributed by atoms with Gasteiger partial charge in [0.1, 0.15) is 6.04 Å². The Labute approximate surface area is 147 Å². The summed E-state index contributed by atoms with van der Waals surface area (Å²) >= 11 is 0. The Balaban J connectivity index is 1.45. The van der Waals surface area contributed by atoms with E-state index in [9.17, 15) is 14.4 Å². The number of nitrogens with zero attached hydrogens (tertiary/aromatic N) is 3. The van der Waals surface area contributed by atoms with Crippen LogP contribution in [0.25, 0.3) is 0 Å². The van der Waals surface area contributed by atoms with E-state index in [1.165, 1.54) is 17.5 Å².